The molecule has 0 aliphatic heterocycles. The fourth-order valence-corrected chi connectivity index (χ4v) is 19.2. The number of nitrogens with zero attached hydrogens (tertiary/aromatic N) is 15. The van der Waals surface area contributed by atoms with Gasteiger partial charge in [-0.05, 0) is 182 Å². The van der Waals surface area contributed by atoms with Gasteiger partial charge in [0.05, 0.1) is 110 Å². The zero-order chi connectivity index (χ0) is 102. The molecule has 16 rings (SSSR count). The normalized spacial score (nSPS) is 21.2. The number of ketones is 4. The average molecular weight is 2210 g/mol. The number of rotatable bonds is 36. The van der Waals surface area contributed by atoms with Gasteiger partial charge in [-0.25, -0.2) is 86.8 Å². The quantitative estimate of drug-likeness (QED) is 0.00880. The fourth-order valence-electron chi connectivity index (χ4n) is 16.7. The van der Waals surface area contributed by atoms with Crippen LogP contribution in [0.5, 0.6) is 0 Å². The second-order valence-electron chi connectivity index (χ2n) is 33.8. The summed E-state index contributed by atoms with van der Waals surface area (Å²) in [5.41, 5.74) is 5.15. The molecule has 8 aromatic heterocycles. The van der Waals surface area contributed by atoms with Crippen LogP contribution < -0.4 is 31.2 Å². The number of hydrogen-bond donors (Lipinski definition) is 10. The first-order valence-corrected chi connectivity index (χ1v) is 50.8. The Morgan fingerprint density at radius 3 is 1.48 bits per heavy atom. The van der Waals surface area contributed by atoms with E-state index in [1.165, 1.54) is 68.4 Å². The van der Waals surface area contributed by atoms with Crippen LogP contribution in [0.25, 0.3) is 0 Å². The molecule has 4 aliphatic carbocycles. The molecule has 0 spiro atoms. The second-order valence-corrected chi connectivity index (χ2v) is 40.8. The Labute approximate surface area is 825 Å². The van der Waals surface area contributed by atoms with Crippen molar-refractivity contribution in [2.45, 2.75) is 133 Å². The number of halogens is 8. The van der Waals surface area contributed by atoms with Crippen molar-refractivity contribution in [3.05, 3.63) is 300 Å². The Morgan fingerprint density at radius 1 is 0.468 bits per heavy atom. The number of aliphatic hydroxyl groups is 4. The molecule has 12 aromatic rings. The molecule has 4 saturated carbocycles. The number of hydrogen-bond acceptors (Lipinski definition) is 33. The van der Waals surface area contributed by atoms with Crippen LogP contribution in [0, 0.1) is 69.3 Å². The highest BCUT2D eigenvalue weighted by Gasteiger charge is 2.46. The summed E-state index contributed by atoms with van der Waals surface area (Å²) in [7, 11) is -16.7. The van der Waals surface area contributed by atoms with E-state index in [-0.39, 0.29) is 107 Å². The molecular formula is C88H93BrF6IN21O20S4. The fraction of sp³-hybridized carbons (Fsp3) is 0.352. The van der Waals surface area contributed by atoms with Crippen LogP contribution >= 0.6 is 38.5 Å². The van der Waals surface area contributed by atoms with Crippen LogP contribution in [0.15, 0.2) is 189 Å². The lowest BCUT2D eigenvalue weighted by atomic mass is 9.95. The summed E-state index contributed by atoms with van der Waals surface area (Å²) in [6, 6.07) is 27.0. The summed E-state index contributed by atoms with van der Waals surface area (Å²) >= 11 is 5.67. The van der Waals surface area contributed by atoms with Gasteiger partial charge in [0.15, 0.2) is 17.4 Å². The van der Waals surface area contributed by atoms with Gasteiger partial charge in [-0.2, -0.15) is 49.0 Å². The lowest BCUT2D eigenvalue weighted by molar-refractivity contribution is 0.0438. The Morgan fingerprint density at radius 2 is 0.929 bits per heavy atom. The van der Waals surface area contributed by atoms with Crippen molar-refractivity contribution >= 4 is 115 Å². The third-order valence-corrected chi connectivity index (χ3v) is 26.6. The summed E-state index contributed by atoms with van der Waals surface area (Å²) in [5.74, 6) is -8.35. The van der Waals surface area contributed by atoms with Crippen molar-refractivity contribution in [3.63, 3.8) is 0 Å². The second kappa shape index (κ2) is 47.1. The number of anilines is 2. The number of benzene rings is 4. The molecule has 0 bridgehead atoms. The van der Waals surface area contributed by atoms with Crippen molar-refractivity contribution < 1.29 is 116 Å². The van der Waals surface area contributed by atoms with Crippen LogP contribution in [0.1, 0.15) is 142 Å². The maximum atomic E-state index is 14.8. The van der Waals surface area contributed by atoms with Crippen molar-refractivity contribution in [2.24, 2.45) is 56.1 Å². The summed E-state index contributed by atoms with van der Waals surface area (Å²) in [6.07, 6.45) is 12.8. The van der Waals surface area contributed by atoms with Crippen molar-refractivity contribution in [2.75, 3.05) is 37.1 Å². The summed E-state index contributed by atoms with van der Waals surface area (Å²) < 4.78 is 199. The Balaban J connectivity index is 0.000000158. The van der Waals surface area contributed by atoms with E-state index in [0.717, 1.165) is 35.5 Å². The number of aryl methyl sites for hydroxylation is 1. The molecule has 41 nitrogen and oxygen atoms in total. The highest BCUT2D eigenvalue weighted by atomic mass is 127. The summed E-state index contributed by atoms with van der Waals surface area (Å²) in [4.78, 5) is 85.0. The van der Waals surface area contributed by atoms with Gasteiger partial charge in [0.2, 0.25) is 17.3 Å². The molecule has 750 valence electrons. The number of aliphatic hydroxyl groups excluding tert-OH is 4. The van der Waals surface area contributed by atoms with Gasteiger partial charge in [0.1, 0.15) is 78.0 Å². The lowest BCUT2D eigenvalue weighted by Crippen LogP contribution is -2.33. The van der Waals surface area contributed by atoms with E-state index in [4.69, 9.17) is 20.6 Å². The van der Waals surface area contributed by atoms with E-state index in [2.05, 4.69) is 127 Å². The van der Waals surface area contributed by atoms with Gasteiger partial charge < -0.3 is 35.6 Å². The van der Waals surface area contributed by atoms with E-state index in [1.54, 1.807) is 65.2 Å². The molecule has 53 heteroatoms. The van der Waals surface area contributed by atoms with Gasteiger partial charge in [0.25, 0.3) is 0 Å². The van der Waals surface area contributed by atoms with E-state index < -0.39 is 174 Å². The van der Waals surface area contributed by atoms with Gasteiger partial charge in [-0.3, -0.25) is 50.0 Å². The SMILES string of the molecule is Cc1cc(Cn2ccc(C(=O)c3cncnc3N[C@@H]3C[C@H](COS(N)(=O)=O)[C@@H](O)C3)n2)ccc1F.NS(=O)(=O)OC[C@H]1C[C@@H](Cc2ncncc2C(=O)c2ccn(Cc3c(F)ccc(F)c3F)n2)C[C@@H]1O.NS(=O)(=O)OC[C@H]1C[C@@H](Cc2ncncc2C(=O)c2ccn(Cc3cccc(I)c3)c2)[C@@H](F)[C@@H]1O.NS(=O)(=O)OC[C@H]1C[C@@H](Nc2ncncc2C(=O)c2ccn(Cc3cccc(Br)c3)n2)[C@@H](F)[C@@H]1O. The first kappa shape index (κ1) is 107. The van der Waals surface area contributed by atoms with Crippen LogP contribution in [0.2, 0.25) is 0 Å². The topological polar surface area (TPSA) is 612 Å². The largest absolute Gasteiger partial charge is 0.393 e. The molecule has 4 aliphatic rings. The molecule has 141 heavy (non-hydrogen) atoms. The maximum absolute atomic E-state index is 14.8. The Bertz CT molecular complexity index is 6790. The molecule has 8 heterocycles. The molecule has 0 radical (unpaired) electrons. The molecule has 4 aromatic carbocycles. The maximum Gasteiger partial charge on any atom is 0.333 e. The van der Waals surface area contributed by atoms with Crippen molar-refractivity contribution in [3.8, 4) is 0 Å². The molecule has 0 saturated heterocycles. The minimum atomic E-state index is -4.23. The molecule has 14 atom stereocenters. The van der Waals surface area contributed by atoms with Gasteiger partial charge in [-0.1, -0.05) is 52.3 Å². The van der Waals surface area contributed by atoms with Crippen LogP contribution in [-0.2, 0) is 97.0 Å². The van der Waals surface area contributed by atoms with Crippen molar-refractivity contribution in [1.82, 2.24) is 73.8 Å². The predicted octanol–water partition coefficient (Wildman–Crippen LogP) is 6.38. The van der Waals surface area contributed by atoms with E-state index in [0.29, 0.717) is 80.3 Å². The number of carbonyl (C=O) groups is 4. The van der Waals surface area contributed by atoms with E-state index >= 15 is 0 Å². The highest BCUT2D eigenvalue weighted by molar-refractivity contribution is 14.1. The summed E-state index contributed by atoms with van der Waals surface area (Å²) in [6.45, 7) is 1.30. The number of carbonyl (C=O) groups excluding carboxylic acids is 4. The Kier molecular flexibility index (Phi) is 35.7. The monoisotopic (exact) mass is 2210 g/mol. The molecular weight excluding hydrogens is 2120 g/mol. The first-order valence-electron chi connectivity index (χ1n) is 43.0. The van der Waals surface area contributed by atoms with E-state index in [9.17, 15) is 99.6 Å². The number of aromatic nitrogens is 15. The lowest BCUT2D eigenvalue weighted by Gasteiger charge is -2.18. The van der Waals surface area contributed by atoms with Gasteiger partial charge >= 0.3 is 41.2 Å². The standard InChI is InChI=1S/C23H24FIN4O5S.C22H22F3N5O5S.C22H25FN6O5S.C21H22BrFN6O5S/c24-21-16(7-17(23(21)31)12-34-35(26,32)33)8-20-19(9-27-13-28-20)22(30)15-4-5-29(11-15)10-14-2-1-3-18(25)6-14;23-16-1-2-17(24)21(25)15(16)9-30-4-3-18(29-30)22(32)14-8-27-11-28-19(14)6-12-5-13(20(31)7-12)10-35-36(26,33)34;1-13-6-14(2-3-18(13)23)10-29-5-4-19(28-29)21(31)17-9-25-12-26-22(17)27-16-7-15(20(30)8-16)11-34-35(24,32)33;22-14-3-1-2-12(6-14)9-29-5-4-16(28-29)20(31)15-8-25-11-26-21(15)27-17-7-13(19(30)18(17)23)10-34-35(24,32)33/h1-6,9,11,13,16-17,21,23,31H,7-8,10,12H2,(H2,26,32,33);1-4,8,11-13,20,31H,5-7,9-10H2,(H2,26,33,34);2-6,9,12,15-16,20,30H,7-8,10-11H2,1H3,(H2,24,32,33)(H,25,26,27);1-6,8,11,13,17-19,30H,7,9-10H2,(H2,24,32,33)(H,25,26,27)/t16-,17+,21+,23+;12-,13+,20-;15-,16-,20+;13-,17-,18-,19-/m0011/s1. The highest BCUT2D eigenvalue weighted by Crippen LogP contribution is 2.40. The van der Waals surface area contributed by atoms with Crippen LogP contribution in [0.3, 0.4) is 0 Å². The molecule has 4 fully saturated rings. The number of alkyl halides is 2. The summed E-state index contributed by atoms with van der Waals surface area (Å²) in [5, 5.41) is 79.0. The van der Waals surface area contributed by atoms with Crippen LogP contribution in [0.4, 0.5) is 38.0 Å². The Hall–Kier alpha value is -11.5. The molecule has 0 unspecified atom stereocenters. The minimum Gasteiger partial charge on any atom is -0.393 e. The number of nitrogens with one attached hydrogen (secondary N) is 2. The third-order valence-electron chi connectivity index (χ3n) is 23.6. The smallest absolute Gasteiger partial charge is 0.333 e. The zero-order valence-corrected chi connectivity index (χ0v) is 81.2. The predicted molar refractivity (Wildman–Crippen MR) is 501 cm³/mol. The molecule has 0 amide bonds. The van der Waals surface area contributed by atoms with Gasteiger partial charge in [0, 0.05) is 111 Å². The third kappa shape index (κ3) is 29.8. The van der Waals surface area contributed by atoms with Crippen molar-refractivity contribution in [1.29, 1.82) is 0 Å². The minimum absolute atomic E-state index is 0.0246. The van der Waals surface area contributed by atoms with Gasteiger partial charge in [-0.15, -0.1) is 0 Å². The van der Waals surface area contributed by atoms with E-state index in [1.807, 2.05) is 53.2 Å². The first-order chi connectivity index (χ1) is 66.8. The number of nitrogens with two attached hydrogens (primary N) is 4. The molecule has 14 N–H and O–H groups in total. The average Bonchev–Trinajstić information content (AvgIpc) is 1.74. The van der Waals surface area contributed by atoms with Crippen LogP contribution in [-0.4, -0.2) is 226 Å². The zero-order valence-electron chi connectivity index (χ0n) is 74.2.